The molecule has 1 aliphatic carbocycles. The van der Waals surface area contributed by atoms with Gasteiger partial charge in [0.05, 0.1) is 5.92 Å². The molecule has 0 spiro atoms. The molecule has 1 aromatic rings. The number of amides is 1. The number of rotatable bonds is 5. The van der Waals surface area contributed by atoms with E-state index in [-0.39, 0.29) is 11.8 Å². The van der Waals surface area contributed by atoms with Gasteiger partial charge >= 0.3 is 0 Å². The molecule has 1 fully saturated rings. The van der Waals surface area contributed by atoms with E-state index >= 15 is 0 Å². The third-order valence-electron chi connectivity index (χ3n) is 3.95. The molecular weight excluding hydrogens is 236 g/mol. The van der Waals surface area contributed by atoms with E-state index in [0.29, 0.717) is 6.04 Å². The van der Waals surface area contributed by atoms with E-state index in [2.05, 4.69) is 17.2 Å². The zero-order valence-electron chi connectivity index (χ0n) is 11.8. The van der Waals surface area contributed by atoms with Crippen molar-refractivity contribution in [3.05, 3.63) is 30.1 Å². The molecule has 1 amide bonds. The van der Waals surface area contributed by atoms with E-state index < -0.39 is 0 Å². The third kappa shape index (κ3) is 4.05. The van der Waals surface area contributed by atoms with E-state index in [1.165, 1.54) is 19.3 Å². The predicted molar refractivity (Wildman–Crippen MR) is 76.9 cm³/mol. The summed E-state index contributed by atoms with van der Waals surface area (Å²) in [6.45, 7) is 2.13. The van der Waals surface area contributed by atoms with E-state index in [9.17, 15) is 4.79 Å². The largest absolute Gasteiger partial charge is 0.353 e. The molecule has 3 heteroatoms. The molecular formula is C16H24N2O. The van der Waals surface area contributed by atoms with Crippen LogP contribution in [0.1, 0.15) is 63.4 Å². The minimum Gasteiger partial charge on any atom is -0.353 e. The summed E-state index contributed by atoms with van der Waals surface area (Å²) < 4.78 is 0. The summed E-state index contributed by atoms with van der Waals surface area (Å²) in [6, 6.07) is 4.31. The molecule has 0 radical (unpaired) electrons. The van der Waals surface area contributed by atoms with Crippen LogP contribution in [0.4, 0.5) is 0 Å². The Morgan fingerprint density at radius 3 is 2.63 bits per heavy atom. The van der Waals surface area contributed by atoms with Crippen LogP contribution in [-0.2, 0) is 4.79 Å². The SMILES string of the molecule is CCCC(C(=O)NC1CCCCC1)c1ccncc1. The molecule has 1 N–H and O–H groups in total. The Morgan fingerprint density at radius 2 is 2.00 bits per heavy atom. The number of carbonyl (C=O) groups is 1. The summed E-state index contributed by atoms with van der Waals surface area (Å²) in [5.74, 6) is 0.176. The second-order valence-corrected chi connectivity index (χ2v) is 5.47. The Labute approximate surface area is 115 Å². The van der Waals surface area contributed by atoms with Gasteiger partial charge in [-0.15, -0.1) is 0 Å². The summed E-state index contributed by atoms with van der Waals surface area (Å²) in [4.78, 5) is 16.5. The van der Waals surface area contributed by atoms with E-state index in [0.717, 1.165) is 31.2 Å². The number of nitrogens with one attached hydrogen (secondary N) is 1. The fraction of sp³-hybridized carbons (Fsp3) is 0.625. The van der Waals surface area contributed by atoms with Gasteiger partial charge in [0.15, 0.2) is 0 Å². The van der Waals surface area contributed by atoms with Gasteiger partial charge < -0.3 is 5.32 Å². The van der Waals surface area contributed by atoms with Crippen LogP contribution in [0.3, 0.4) is 0 Å². The summed E-state index contributed by atoms with van der Waals surface area (Å²) in [5, 5.41) is 3.24. The van der Waals surface area contributed by atoms with Crippen molar-refractivity contribution in [1.82, 2.24) is 10.3 Å². The lowest BCUT2D eigenvalue weighted by molar-refractivity contribution is -0.123. The first-order chi connectivity index (χ1) is 9.31. The van der Waals surface area contributed by atoms with Crippen molar-refractivity contribution in [2.75, 3.05) is 0 Å². The normalized spacial score (nSPS) is 17.9. The van der Waals surface area contributed by atoms with Crippen molar-refractivity contribution in [1.29, 1.82) is 0 Å². The molecule has 0 aliphatic heterocycles. The van der Waals surface area contributed by atoms with Crippen LogP contribution in [0.2, 0.25) is 0 Å². The lowest BCUT2D eigenvalue weighted by Gasteiger charge is -2.25. The summed E-state index contributed by atoms with van der Waals surface area (Å²) in [7, 11) is 0. The second kappa shape index (κ2) is 7.27. The molecule has 1 heterocycles. The maximum Gasteiger partial charge on any atom is 0.227 e. The van der Waals surface area contributed by atoms with Gasteiger partial charge in [-0.1, -0.05) is 32.6 Å². The molecule has 3 nitrogen and oxygen atoms in total. The fourth-order valence-electron chi connectivity index (χ4n) is 2.88. The molecule has 0 aromatic carbocycles. The average molecular weight is 260 g/mol. The average Bonchev–Trinajstić information content (AvgIpc) is 2.46. The fourth-order valence-corrected chi connectivity index (χ4v) is 2.88. The maximum absolute atomic E-state index is 12.5. The van der Waals surface area contributed by atoms with Crippen molar-refractivity contribution in [3.63, 3.8) is 0 Å². The molecule has 1 aliphatic rings. The molecule has 1 atom stereocenters. The van der Waals surface area contributed by atoms with Crippen molar-refractivity contribution < 1.29 is 4.79 Å². The van der Waals surface area contributed by atoms with Crippen LogP contribution in [0.5, 0.6) is 0 Å². The summed E-state index contributed by atoms with van der Waals surface area (Å²) in [6.07, 6.45) is 11.6. The molecule has 1 saturated carbocycles. The minimum absolute atomic E-state index is 0.0186. The standard InChI is InChI=1S/C16H24N2O/c1-2-6-15(13-9-11-17-12-10-13)16(19)18-14-7-4-3-5-8-14/h9-12,14-15H,2-8H2,1H3,(H,18,19). The highest BCUT2D eigenvalue weighted by molar-refractivity contribution is 5.83. The van der Waals surface area contributed by atoms with Crippen LogP contribution in [0.25, 0.3) is 0 Å². The Kier molecular flexibility index (Phi) is 5.37. The Balaban J connectivity index is 1.99. The van der Waals surface area contributed by atoms with Gasteiger partial charge in [-0.25, -0.2) is 0 Å². The van der Waals surface area contributed by atoms with Crippen molar-refractivity contribution in [3.8, 4) is 0 Å². The van der Waals surface area contributed by atoms with Gasteiger partial charge in [0, 0.05) is 18.4 Å². The van der Waals surface area contributed by atoms with Gasteiger partial charge in [0.2, 0.25) is 5.91 Å². The lowest BCUT2D eigenvalue weighted by Crippen LogP contribution is -2.39. The number of hydrogen-bond acceptors (Lipinski definition) is 2. The van der Waals surface area contributed by atoms with Crippen LogP contribution >= 0.6 is 0 Å². The third-order valence-corrected chi connectivity index (χ3v) is 3.95. The minimum atomic E-state index is -0.0186. The molecule has 0 saturated heterocycles. The molecule has 19 heavy (non-hydrogen) atoms. The van der Waals surface area contributed by atoms with Gasteiger partial charge in [-0.3, -0.25) is 9.78 Å². The van der Waals surface area contributed by atoms with Crippen molar-refractivity contribution in [2.24, 2.45) is 0 Å². The van der Waals surface area contributed by atoms with Gasteiger partial charge in [-0.2, -0.15) is 0 Å². The first kappa shape index (κ1) is 14.0. The number of aromatic nitrogens is 1. The van der Waals surface area contributed by atoms with Crippen LogP contribution < -0.4 is 5.32 Å². The molecule has 0 bridgehead atoms. The summed E-state index contributed by atoms with van der Waals surface area (Å²) in [5.41, 5.74) is 1.09. The molecule has 1 aromatic heterocycles. The Morgan fingerprint density at radius 1 is 1.32 bits per heavy atom. The van der Waals surface area contributed by atoms with Gasteiger partial charge in [0.1, 0.15) is 0 Å². The molecule has 104 valence electrons. The van der Waals surface area contributed by atoms with Gasteiger partial charge in [0.25, 0.3) is 0 Å². The topological polar surface area (TPSA) is 42.0 Å². The van der Waals surface area contributed by atoms with Crippen molar-refractivity contribution >= 4 is 5.91 Å². The smallest absolute Gasteiger partial charge is 0.227 e. The Hall–Kier alpha value is -1.38. The zero-order chi connectivity index (χ0) is 13.5. The Bertz CT molecular complexity index is 385. The highest BCUT2D eigenvalue weighted by Gasteiger charge is 2.23. The zero-order valence-corrected chi connectivity index (χ0v) is 11.8. The second-order valence-electron chi connectivity index (χ2n) is 5.47. The first-order valence-electron chi connectivity index (χ1n) is 7.51. The van der Waals surface area contributed by atoms with E-state index in [1.807, 2.05) is 12.1 Å². The predicted octanol–water partition coefficient (Wildman–Crippen LogP) is 3.41. The van der Waals surface area contributed by atoms with E-state index in [4.69, 9.17) is 0 Å². The monoisotopic (exact) mass is 260 g/mol. The van der Waals surface area contributed by atoms with Crippen molar-refractivity contribution in [2.45, 2.75) is 63.8 Å². The number of nitrogens with zero attached hydrogens (tertiary/aromatic N) is 1. The molecule has 2 rings (SSSR count). The van der Waals surface area contributed by atoms with E-state index in [1.54, 1.807) is 12.4 Å². The van der Waals surface area contributed by atoms with Gasteiger partial charge in [-0.05, 0) is 37.0 Å². The van der Waals surface area contributed by atoms with Crippen LogP contribution in [-0.4, -0.2) is 16.9 Å². The quantitative estimate of drug-likeness (QED) is 0.881. The lowest BCUT2D eigenvalue weighted by atomic mass is 9.91. The number of hydrogen-bond donors (Lipinski definition) is 1. The first-order valence-corrected chi connectivity index (χ1v) is 7.51. The summed E-state index contributed by atoms with van der Waals surface area (Å²) >= 11 is 0. The maximum atomic E-state index is 12.5. The number of pyridine rings is 1. The van der Waals surface area contributed by atoms with Crippen LogP contribution in [0.15, 0.2) is 24.5 Å². The highest BCUT2D eigenvalue weighted by Crippen LogP contribution is 2.23. The van der Waals surface area contributed by atoms with Crippen LogP contribution in [0, 0.1) is 0 Å². The molecule has 1 unspecified atom stereocenters. The number of carbonyl (C=O) groups excluding carboxylic acids is 1. The highest BCUT2D eigenvalue weighted by atomic mass is 16.1.